The second kappa shape index (κ2) is 8.31. The Morgan fingerprint density at radius 2 is 1.29 bits per heavy atom. The van der Waals surface area contributed by atoms with E-state index in [2.05, 4.69) is 35.2 Å². The first-order valence-electron chi connectivity index (χ1n) is 11.3. The normalized spacial score (nSPS) is 18.6. The number of rotatable bonds is 2. The summed E-state index contributed by atoms with van der Waals surface area (Å²) in [6.45, 7) is 6.66. The lowest BCUT2D eigenvalue weighted by Gasteiger charge is -2.42. The first-order valence-corrected chi connectivity index (χ1v) is 11.3. The van der Waals surface area contributed by atoms with Crippen molar-refractivity contribution in [2.45, 2.75) is 25.8 Å². The molecule has 160 valence electrons. The van der Waals surface area contributed by atoms with Gasteiger partial charge >= 0.3 is 0 Å². The van der Waals surface area contributed by atoms with E-state index in [4.69, 9.17) is 0 Å². The van der Waals surface area contributed by atoms with Crippen LogP contribution in [0.5, 0.6) is 0 Å². The molecule has 2 amide bonds. The molecule has 3 aromatic rings. The molecule has 5 nitrogen and oxygen atoms in total. The number of fused-ring (bicyclic) bond motifs is 2. The fraction of sp³-hybridized carbons (Fsp3) is 0.385. The molecule has 0 aromatic heterocycles. The first-order chi connectivity index (χ1) is 15.1. The number of piperidine rings is 1. The minimum absolute atomic E-state index is 0.138. The molecule has 5 rings (SSSR count). The fourth-order valence-electron chi connectivity index (χ4n) is 5.24. The zero-order chi connectivity index (χ0) is 21.4. The summed E-state index contributed by atoms with van der Waals surface area (Å²) in [7, 11) is 0. The minimum Gasteiger partial charge on any atom is -0.343 e. The maximum Gasteiger partial charge on any atom is 0.255 e. The van der Waals surface area contributed by atoms with Crippen LogP contribution in [0.4, 0.5) is 0 Å². The molecule has 0 unspecified atom stereocenters. The van der Waals surface area contributed by atoms with E-state index in [9.17, 15) is 9.59 Å². The second-order valence-electron chi connectivity index (χ2n) is 8.76. The second-order valence-corrected chi connectivity index (χ2v) is 8.76. The Labute approximate surface area is 183 Å². The lowest BCUT2D eigenvalue weighted by atomic mass is 9.95. The van der Waals surface area contributed by atoms with Crippen LogP contribution >= 0.6 is 0 Å². The van der Waals surface area contributed by atoms with E-state index in [0.717, 1.165) is 79.2 Å². The number of carbonyl (C=O) groups excluding carboxylic acids is 2. The fourth-order valence-corrected chi connectivity index (χ4v) is 5.24. The summed E-state index contributed by atoms with van der Waals surface area (Å²) in [5, 5.41) is 4.29. The summed E-state index contributed by atoms with van der Waals surface area (Å²) >= 11 is 0. The number of hydrogen-bond donors (Lipinski definition) is 0. The van der Waals surface area contributed by atoms with Crippen LogP contribution in [0.25, 0.3) is 21.5 Å². The van der Waals surface area contributed by atoms with Gasteiger partial charge in [0, 0.05) is 52.2 Å². The Hall–Kier alpha value is -2.92. The van der Waals surface area contributed by atoms with Crippen LogP contribution in [-0.4, -0.2) is 71.8 Å². The monoisotopic (exact) mass is 415 g/mol. The molecule has 0 saturated carbocycles. The van der Waals surface area contributed by atoms with Gasteiger partial charge in [-0.3, -0.25) is 14.5 Å². The molecule has 2 aliphatic heterocycles. The SMILES string of the molecule is CC(=O)N1CCC(N2CCN(C(=O)c3c4ccccc4cc4ccccc34)CC2)CC1. The van der Waals surface area contributed by atoms with Gasteiger partial charge in [0.1, 0.15) is 0 Å². The van der Waals surface area contributed by atoms with Gasteiger partial charge < -0.3 is 9.80 Å². The lowest BCUT2D eigenvalue weighted by molar-refractivity contribution is -0.130. The van der Waals surface area contributed by atoms with E-state index in [1.807, 2.05) is 34.1 Å². The van der Waals surface area contributed by atoms with Crippen LogP contribution in [-0.2, 0) is 4.79 Å². The molecule has 2 fully saturated rings. The highest BCUT2D eigenvalue weighted by molar-refractivity contribution is 6.18. The highest BCUT2D eigenvalue weighted by Gasteiger charge is 2.30. The van der Waals surface area contributed by atoms with Crippen LogP contribution < -0.4 is 0 Å². The van der Waals surface area contributed by atoms with Crippen LogP contribution in [0.2, 0.25) is 0 Å². The molecule has 0 atom stereocenters. The molecule has 2 heterocycles. The van der Waals surface area contributed by atoms with Gasteiger partial charge in [-0.25, -0.2) is 0 Å². The quantitative estimate of drug-likeness (QED) is 0.599. The number of amides is 2. The van der Waals surface area contributed by atoms with E-state index in [1.54, 1.807) is 6.92 Å². The smallest absolute Gasteiger partial charge is 0.255 e. The van der Waals surface area contributed by atoms with Gasteiger partial charge in [0.05, 0.1) is 5.56 Å². The predicted octanol–water partition coefficient (Wildman–Crippen LogP) is 3.76. The number of piperazine rings is 1. The average molecular weight is 416 g/mol. The number of nitrogens with zero attached hydrogens (tertiary/aromatic N) is 3. The number of likely N-dealkylation sites (tertiary alicyclic amines) is 1. The summed E-state index contributed by atoms with van der Waals surface area (Å²) in [5.74, 6) is 0.315. The summed E-state index contributed by atoms with van der Waals surface area (Å²) in [6, 6.07) is 19.1. The molecule has 0 spiro atoms. The van der Waals surface area contributed by atoms with Crippen molar-refractivity contribution in [2.75, 3.05) is 39.3 Å². The third-order valence-corrected chi connectivity index (χ3v) is 7.01. The standard InChI is InChI=1S/C26H29N3O2/c1-19(30)27-12-10-22(11-13-27)28-14-16-29(17-15-28)26(31)25-23-8-4-2-6-20(23)18-21-7-3-5-9-24(21)25/h2-9,18,22H,10-17H2,1H3. The molecule has 0 aliphatic carbocycles. The summed E-state index contributed by atoms with van der Waals surface area (Å²) < 4.78 is 0. The van der Waals surface area contributed by atoms with Gasteiger partial charge in [0.25, 0.3) is 5.91 Å². The van der Waals surface area contributed by atoms with E-state index in [-0.39, 0.29) is 11.8 Å². The molecule has 2 saturated heterocycles. The zero-order valence-corrected chi connectivity index (χ0v) is 18.1. The van der Waals surface area contributed by atoms with Crippen molar-refractivity contribution >= 4 is 33.4 Å². The Bertz CT molecular complexity index is 1070. The van der Waals surface area contributed by atoms with E-state index in [0.29, 0.717) is 6.04 Å². The van der Waals surface area contributed by atoms with Gasteiger partial charge in [-0.05, 0) is 40.5 Å². The summed E-state index contributed by atoms with van der Waals surface area (Å²) in [6.07, 6.45) is 2.06. The highest BCUT2D eigenvalue weighted by Crippen LogP contribution is 2.30. The Kier molecular flexibility index (Phi) is 5.36. The van der Waals surface area contributed by atoms with Gasteiger partial charge in [-0.1, -0.05) is 48.5 Å². The lowest BCUT2D eigenvalue weighted by Crippen LogP contribution is -2.54. The van der Waals surface area contributed by atoms with Crippen LogP contribution in [0, 0.1) is 0 Å². The van der Waals surface area contributed by atoms with Crippen molar-refractivity contribution < 1.29 is 9.59 Å². The molecule has 0 bridgehead atoms. The maximum atomic E-state index is 13.7. The van der Waals surface area contributed by atoms with Gasteiger partial charge in [-0.2, -0.15) is 0 Å². The highest BCUT2D eigenvalue weighted by atomic mass is 16.2. The van der Waals surface area contributed by atoms with Crippen LogP contribution in [0.15, 0.2) is 54.6 Å². The number of carbonyl (C=O) groups is 2. The van der Waals surface area contributed by atoms with Crippen molar-refractivity contribution in [1.29, 1.82) is 0 Å². The summed E-state index contributed by atoms with van der Waals surface area (Å²) in [5.41, 5.74) is 0.830. The minimum atomic E-state index is 0.138. The largest absolute Gasteiger partial charge is 0.343 e. The third kappa shape index (κ3) is 3.79. The topological polar surface area (TPSA) is 43.9 Å². The molecular weight excluding hydrogens is 386 g/mol. The molecule has 3 aromatic carbocycles. The zero-order valence-electron chi connectivity index (χ0n) is 18.1. The van der Waals surface area contributed by atoms with Crippen molar-refractivity contribution in [3.8, 4) is 0 Å². The van der Waals surface area contributed by atoms with Crippen molar-refractivity contribution in [2.24, 2.45) is 0 Å². The average Bonchev–Trinajstić information content (AvgIpc) is 2.82. The van der Waals surface area contributed by atoms with Crippen LogP contribution in [0.3, 0.4) is 0 Å². The van der Waals surface area contributed by atoms with E-state index in [1.165, 1.54) is 0 Å². The van der Waals surface area contributed by atoms with Gasteiger partial charge in [0.15, 0.2) is 0 Å². The van der Waals surface area contributed by atoms with Crippen molar-refractivity contribution in [1.82, 2.24) is 14.7 Å². The molecule has 0 N–H and O–H groups in total. The predicted molar refractivity (Wildman–Crippen MR) is 124 cm³/mol. The number of hydrogen-bond acceptors (Lipinski definition) is 3. The number of benzene rings is 3. The van der Waals surface area contributed by atoms with Gasteiger partial charge in [0.2, 0.25) is 5.91 Å². The van der Waals surface area contributed by atoms with Crippen molar-refractivity contribution in [3.05, 3.63) is 60.2 Å². The molecule has 5 heteroatoms. The Morgan fingerprint density at radius 3 is 1.84 bits per heavy atom. The van der Waals surface area contributed by atoms with Gasteiger partial charge in [-0.15, -0.1) is 0 Å². The molecule has 2 aliphatic rings. The third-order valence-electron chi connectivity index (χ3n) is 7.01. The Balaban J connectivity index is 1.34. The first kappa shape index (κ1) is 20.0. The molecule has 0 radical (unpaired) electrons. The Morgan fingerprint density at radius 1 is 0.742 bits per heavy atom. The molecular formula is C26H29N3O2. The molecule has 31 heavy (non-hydrogen) atoms. The van der Waals surface area contributed by atoms with E-state index < -0.39 is 0 Å². The van der Waals surface area contributed by atoms with E-state index >= 15 is 0 Å². The summed E-state index contributed by atoms with van der Waals surface area (Å²) in [4.78, 5) is 31.8. The van der Waals surface area contributed by atoms with Crippen LogP contribution in [0.1, 0.15) is 30.1 Å². The maximum absolute atomic E-state index is 13.7. The van der Waals surface area contributed by atoms with Crippen molar-refractivity contribution in [3.63, 3.8) is 0 Å².